The summed E-state index contributed by atoms with van der Waals surface area (Å²) in [6.07, 6.45) is 2.92. The third-order valence-electron chi connectivity index (χ3n) is 14.0. The number of allylic oxidation sites excluding steroid dienone is 2. The molecule has 0 fully saturated rings. The second kappa shape index (κ2) is 12.4. The zero-order valence-electron chi connectivity index (χ0n) is 36.0. The molecule has 0 aliphatic carbocycles. The number of nitrogens with zero attached hydrogens (tertiary/aromatic N) is 7. The quantitative estimate of drug-likeness (QED) is 0.145. The van der Waals surface area contributed by atoms with E-state index in [-0.39, 0.29) is 16.6 Å². The Hall–Kier alpha value is -4.78. The molecular formula is C47H62N7+3. The number of imidazole rings is 3. The third kappa shape index (κ3) is 5.06. The van der Waals surface area contributed by atoms with E-state index in [9.17, 15) is 0 Å². The molecule has 0 N–H and O–H groups in total. The highest BCUT2D eigenvalue weighted by atomic mass is 15.2. The highest BCUT2D eigenvalue weighted by Gasteiger charge is 2.46. The summed E-state index contributed by atoms with van der Waals surface area (Å²) < 4.78 is 14.3. The summed E-state index contributed by atoms with van der Waals surface area (Å²) in [7, 11) is 6.45. The van der Waals surface area contributed by atoms with Crippen molar-refractivity contribution in [2.75, 3.05) is 0 Å². The molecule has 9 rings (SSSR count). The van der Waals surface area contributed by atoms with Crippen molar-refractivity contribution in [1.29, 1.82) is 0 Å². The monoisotopic (exact) mass is 725 g/mol. The highest BCUT2D eigenvalue weighted by Crippen LogP contribution is 2.42. The fraction of sp³-hybridized carbons (Fsp3) is 0.447. The second-order valence-electron chi connectivity index (χ2n) is 17.6. The van der Waals surface area contributed by atoms with Gasteiger partial charge in [-0.2, -0.15) is 0 Å². The molecule has 3 aliphatic rings. The first-order valence-corrected chi connectivity index (χ1v) is 19.6. The van der Waals surface area contributed by atoms with E-state index in [1.807, 2.05) is 12.3 Å². The van der Waals surface area contributed by atoms with E-state index in [1.54, 1.807) is 0 Å². The zero-order chi connectivity index (χ0) is 39.6. The Balaban J connectivity index is 0.000000127. The van der Waals surface area contributed by atoms with Gasteiger partial charge in [0.05, 0.1) is 26.7 Å². The van der Waals surface area contributed by atoms with Crippen LogP contribution in [0.2, 0.25) is 0 Å². The van der Waals surface area contributed by atoms with Crippen molar-refractivity contribution in [2.45, 2.75) is 120 Å². The minimum absolute atomic E-state index is 0.0230. The molecule has 0 atom stereocenters. The largest absolute Gasteiger partial charge is 0.256 e. The van der Waals surface area contributed by atoms with Gasteiger partial charge >= 0.3 is 0 Å². The molecule has 0 saturated carbocycles. The van der Waals surface area contributed by atoms with Crippen molar-refractivity contribution in [3.8, 4) is 11.3 Å². The Morgan fingerprint density at radius 3 is 1.74 bits per heavy atom. The minimum atomic E-state index is -0.0230. The van der Waals surface area contributed by atoms with E-state index in [2.05, 4.69) is 193 Å². The molecule has 0 unspecified atom stereocenters. The normalized spacial score (nSPS) is 16.5. The molecule has 3 aliphatic heterocycles. The number of hydrogen-bond acceptors (Lipinski definition) is 1. The molecule has 6 aromatic rings. The lowest BCUT2D eigenvalue weighted by Crippen LogP contribution is -2.59. The van der Waals surface area contributed by atoms with Crippen LogP contribution >= 0.6 is 0 Å². The summed E-state index contributed by atoms with van der Waals surface area (Å²) in [5.41, 5.74) is 18.1. The molecule has 0 spiro atoms. The van der Waals surface area contributed by atoms with Crippen molar-refractivity contribution in [3.05, 3.63) is 123 Å². The van der Waals surface area contributed by atoms with E-state index in [1.165, 1.54) is 90.4 Å². The number of rotatable bonds is 0. The van der Waals surface area contributed by atoms with Crippen LogP contribution in [0.3, 0.4) is 0 Å². The molecule has 7 heterocycles. The van der Waals surface area contributed by atoms with E-state index in [4.69, 9.17) is 0 Å². The summed E-state index contributed by atoms with van der Waals surface area (Å²) in [4.78, 5) is 4.52. The topological polar surface area (TPSA) is 39.3 Å². The maximum Gasteiger partial charge on any atom is 0.254 e. The molecular weight excluding hydrogens is 663 g/mol. The summed E-state index contributed by atoms with van der Waals surface area (Å²) in [6, 6.07) is 17.5. The van der Waals surface area contributed by atoms with Crippen molar-refractivity contribution >= 4 is 16.5 Å². The molecule has 282 valence electrons. The van der Waals surface area contributed by atoms with Crippen LogP contribution in [0.15, 0.2) is 60.3 Å². The highest BCUT2D eigenvalue weighted by molar-refractivity contribution is 5.86. The van der Waals surface area contributed by atoms with Crippen LogP contribution in [-0.2, 0) is 44.2 Å². The molecule has 4 aromatic heterocycles. The van der Waals surface area contributed by atoms with E-state index in [0.717, 1.165) is 11.9 Å². The summed E-state index contributed by atoms with van der Waals surface area (Å²) in [5, 5.41) is 1.22. The number of benzene rings is 2. The van der Waals surface area contributed by atoms with E-state index >= 15 is 0 Å². The fourth-order valence-electron chi connectivity index (χ4n) is 10.1. The van der Waals surface area contributed by atoms with Crippen LogP contribution in [0.4, 0.5) is 0 Å². The fourth-order valence-corrected chi connectivity index (χ4v) is 10.1. The van der Waals surface area contributed by atoms with Gasteiger partial charge in [0.1, 0.15) is 33.7 Å². The van der Waals surface area contributed by atoms with Gasteiger partial charge in [0, 0.05) is 81.8 Å². The van der Waals surface area contributed by atoms with Crippen LogP contribution in [-0.4, -0.2) is 18.7 Å². The van der Waals surface area contributed by atoms with Crippen molar-refractivity contribution < 1.29 is 13.7 Å². The molecule has 2 aromatic carbocycles. The van der Waals surface area contributed by atoms with Crippen LogP contribution in [0.1, 0.15) is 118 Å². The average molecular weight is 725 g/mol. The summed E-state index contributed by atoms with van der Waals surface area (Å²) in [5.74, 6) is 3.96. The molecule has 0 amide bonds. The Labute approximate surface area is 323 Å². The number of aromatic nitrogens is 7. The Kier molecular flexibility index (Phi) is 8.60. The van der Waals surface area contributed by atoms with Crippen LogP contribution in [0.5, 0.6) is 0 Å². The van der Waals surface area contributed by atoms with Gasteiger partial charge in [-0.25, -0.2) is 27.4 Å². The molecule has 0 radical (unpaired) electrons. The smallest absolute Gasteiger partial charge is 0.254 e. The summed E-state index contributed by atoms with van der Waals surface area (Å²) in [6.45, 7) is 31.6. The standard InChI is InChI=1S/C18H20N3.C16H21N2.C13H21N2/c1-11-17-14-10-16-13(7-6-8-19-16)9-15(14)18(3,4)21(17)12(2)20(11)5;1-11-15-10-13-8-6-7-9-14(13)16(3,4)18(15)12(2)17(11)5;1-8-9(2)13(5,6)15-11(4)14(7)10(3)12(8)15/h6-10H,1-5H3;6-9H,10H2,1-5H3;1-7H3/q3*+1. The first kappa shape index (κ1) is 37.5. The first-order valence-electron chi connectivity index (χ1n) is 19.6. The number of pyridine rings is 1. The van der Waals surface area contributed by atoms with Crippen LogP contribution in [0.25, 0.3) is 27.7 Å². The van der Waals surface area contributed by atoms with Gasteiger partial charge in [-0.15, -0.1) is 0 Å². The maximum absolute atomic E-state index is 4.52. The summed E-state index contributed by atoms with van der Waals surface area (Å²) >= 11 is 0. The van der Waals surface area contributed by atoms with E-state index < -0.39 is 0 Å². The lowest BCUT2D eigenvalue weighted by molar-refractivity contribution is -0.760. The zero-order valence-corrected chi connectivity index (χ0v) is 36.0. The predicted molar refractivity (Wildman–Crippen MR) is 220 cm³/mol. The van der Waals surface area contributed by atoms with Crippen LogP contribution < -0.4 is 13.7 Å². The predicted octanol–water partition coefficient (Wildman–Crippen LogP) is 8.33. The molecule has 7 nitrogen and oxygen atoms in total. The lowest BCUT2D eigenvalue weighted by Gasteiger charge is -2.31. The van der Waals surface area contributed by atoms with Crippen molar-refractivity contribution in [3.63, 3.8) is 0 Å². The van der Waals surface area contributed by atoms with Gasteiger partial charge in [0.25, 0.3) is 17.5 Å². The van der Waals surface area contributed by atoms with Gasteiger partial charge in [0.15, 0.2) is 17.1 Å². The minimum Gasteiger partial charge on any atom is -0.256 e. The van der Waals surface area contributed by atoms with Gasteiger partial charge in [-0.1, -0.05) is 30.3 Å². The SMILES string of the molecule is CC1=C(C)C(C)(C)[n+]2c1c(C)n(C)c2C.Cc1c2[n+](c(C)n1C)C(C)(C)c1cc3cccnc3cc1-2.Cc1c2[n+](c(C)n1C)C(C)(C)c1ccccc1C2. The molecule has 7 heteroatoms. The Morgan fingerprint density at radius 2 is 1.11 bits per heavy atom. The Morgan fingerprint density at radius 1 is 0.574 bits per heavy atom. The van der Waals surface area contributed by atoms with Crippen molar-refractivity contribution in [1.82, 2.24) is 18.7 Å². The average Bonchev–Trinajstić information content (AvgIpc) is 3.75. The number of hydrogen-bond donors (Lipinski definition) is 0. The lowest BCUT2D eigenvalue weighted by atomic mass is 9.84. The maximum atomic E-state index is 4.52. The number of fused-ring (bicyclic) bond motifs is 7. The van der Waals surface area contributed by atoms with Crippen molar-refractivity contribution in [2.24, 2.45) is 21.1 Å². The molecule has 54 heavy (non-hydrogen) atoms. The first-order chi connectivity index (χ1) is 25.2. The van der Waals surface area contributed by atoms with E-state index in [0.29, 0.717) is 0 Å². The molecule has 0 bridgehead atoms. The second-order valence-corrected chi connectivity index (χ2v) is 17.6. The van der Waals surface area contributed by atoms with Gasteiger partial charge in [-0.3, -0.25) is 4.98 Å². The Bertz CT molecular complexity index is 2560. The van der Waals surface area contributed by atoms with Gasteiger partial charge < -0.3 is 0 Å². The van der Waals surface area contributed by atoms with Gasteiger partial charge in [-0.05, 0) is 84.7 Å². The van der Waals surface area contributed by atoms with Crippen LogP contribution in [0, 0.1) is 41.5 Å². The molecule has 0 saturated heterocycles. The third-order valence-corrected chi connectivity index (χ3v) is 14.0. The van der Waals surface area contributed by atoms with Gasteiger partial charge in [0.2, 0.25) is 0 Å².